The SMILES string of the molecule is COc1cc(Br)c(OCc2ccccc2)c(C(=O)O)n1. The van der Waals surface area contributed by atoms with Gasteiger partial charge in [-0.15, -0.1) is 0 Å². The molecule has 1 aromatic heterocycles. The van der Waals surface area contributed by atoms with Crippen molar-refractivity contribution in [2.75, 3.05) is 7.11 Å². The lowest BCUT2D eigenvalue weighted by Gasteiger charge is -2.12. The van der Waals surface area contributed by atoms with E-state index in [4.69, 9.17) is 9.47 Å². The Morgan fingerprint density at radius 1 is 1.35 bits per heavy atom. The molecule has 0 spiro atoms. The number of carboxylic acid groups (broad SMARTS) is 1. The number of pyridine rings is 1. The van der Waals surface area contributed by atoms with E-state index in [9.17, 15) is 9.90 Å². The number of halogens is 1. The Morgan fingerprint density at radius 2 is 2.05 bits per heavy atom. The summed E-state index contributed by atoms with van der Waals surface area (Å²) in [6.45, 7) is 0.258. The minimum Gasteiger partial charge on any atom is -0.485 e. The van der Waals surface area contributed by atoms with Gasteiger partial charge in [0, 0.05) is 6.07 Å². The Morgan fingerprint density at radius 3 is 2.65 bits per heavy atom. The Labute approximate surface area is 124 Å². The average molecular weight is 338 g/mol. The Bertz CT molecular complexity index is 616. The number of hydrogen-bond donors (Lipinski definition) is 1. The highest BCUT2D eigenvalue weighted by Gasteiger charge is 2.19. The van der Waals surface area contributed by atoms with Gasteiger partial charge in [0.1, 0.15) is 6.61 Å². The van der Waals surface area contributed by atoms with Crippen molar-refractivity contribution in [2.45, 2.75) is 6.61 Å². The first-order chi connectivity index (χ1) is 9.61. The largest absolute Gasteiger partial charge is 0.485 e. The van der Waals surface area contributed by atoms with Gasteiger partial charge in [-0.2, -0.15) is 0 Å². The summed E-state index contributed by atoms with van der Waals surface area (Å²) in [5.41, 5.74) is 0.749. The van der Waals surface area contributed by atoms with E-state index in [1.54, 1.807) is 6.07 Å². The van der Waals surface area contributed by atoms with Gasteiger partial charge in [-0.05, 0) is 21.5 Å². The highest BCUT2D eigenvalue weighted by atomic mass is 79.9. The first-order valence-corrected chi connectivity index (χ1v) is 6.55. The van der Waals surface area contributed by atoms with Gasteiger partial charge in [-0.25, -0.2) is 9.78 Å². The van der Waals surface area contributed by atoms with E-state index in [0.717, 1.165) is 5.56 Å². The predicted octanol–water partition coefficient (Wildman–Crippen LogP) is 3.13. The Kier molecular flexibility index (Phi) is 4.57. The predicted molar refractivity (Wildman–Crippen MR) is 76.2 cm³/mol. The minimum atomic E-state index is -1.17. The van der Waals surface area contributed by atoms with Crippen LogP contribution in [0.4, 0.5) is 0 Å². The molecule has 1 N–H and O–H groups in total. The number of hydrogen-bond acceptors (Lipinski definition) is 4. The second-order valence-corrected chi connectivity index (χ2v) is 4.76. The van der Waals surface area contributed by atoms with Crippen molar-refractivity contribution in [2.24, 2.45) is 0 Å². The molecule has 0 atom stereocenters. The number of carbonyl (C=O) groups is 1. The van der Waals surface area contributed by atoms with Crippen LogP contribution in [0.5, 0.6) is 11.6 Å². The van der Waals surface area contributed by atoms with Gasteiger partial charge in [0.2, 0.25) is 5.88 Å². The van der Waals surface area contributed by atoms with Gasteiger partial charge < -0.3 is 14.6 Å². The second kappa shape index (κ2) is 6.38. The number of carboxylic acids is 1. The van der Waals surface area contributed by atoms with Crippen LogP contribution in [0.3, 0.4) is 0 Å². The molecule has 0 fully saturated rings. The molecule has 2 rings (SSSR count). The molecule has 0 saturated carbocycles. The lowest BCUT2D eigenvalue weighted by molar-refractivity contribution is 0.0683. The molecule has 1 aromatic carbocycles. The summed E-state index contributed by atoms with van der Waals surface area (Å²) in [6, 6.07) is 11.0. The molecule has 6 heteroatoms. The van der Waals surface area contributed by atoms with Crippen molar-refractivity contribution in [3.8, 4) is 11.6 Å². The van der Waals surface area contributed by atoms with Gasteiger partial charge in [0.15, 0.2) is 11.4 Å². The quantitative estimate of drug-likeness (QED) is 0.907. The maximum Gasteiger partial charge on any atom is 0.358 e. The molecule has 20 heavy (non-hydrogen) atoms. The van der Waals surface area contributed by atoms with Crippen molar-refractivity contribution in [3.63, 3.8) is 0 Å². The fourth-order valence-corrected chi connectivity index (χ4v) is 2.09. The van der Waals surface area contributed by atoms with E-state index >= 15 is 0 Å². The molecular weight excluding hydrogens is 326 g/mol. The zero-order chi connectivity index (χ0) is 14.5. The highest BCUT2D eigenvalue weighted by molar-refractivity contribution is 9.10. The Hall–Kier alpha value is -2.08. The molecule has 0 amide bonds. The van der Waals surface area contributed by atoms with Crippen molar-refractivity contribution in [1.29, 1.82) is 0 Å². The molecule has 0 bridgehead atoms. The summed E-state index contributed by atoms with van der Waals surface area (Å²) in [5, 5.41) is 9.19. The molecule has 0 radical (unpaired) electrons. The second-order valence-electron chi connectivity index (χ2n) is 3.90. The molecule has 0 aliphatic rings. The van der Waals surface area contributed by atoms with E-state index in [0.29, 0.717) is 4.47 Å². The lowest BCUT2D eigenvalue weighted by Crippen LogP contribution is -2.07. The molecule has 104 valence electrons. The van der Waals surface area contributed by atoms with Gasteiger partial charge in [-0.3, -0.25) is 0 Å². The van der Waals surface area contributed by atoms with Crippen LogP contribution in [0.15, 0.2) is 40.9 Å². The first-order valence-electron chi connectivity index (χ1n) is 5.76. The first kappa shape index (κ1) is 14.3. The topological polar surface area (TPSA) is 68.7 Å². The van der Waals surface area contributed by atoms with E-state index < -0.39 is 5.97 Å². The van der Waals surface area contributed by atoms with Crippen LogP contribution in [0.1, 0.15) is 16.1 Å². The normalized spacial score (nSPS) is 10.1. The number of aromatic carboxylic acids is 1. The lowest BCUT2D eigenvalue weighted by atomic mass is 10.2. The van der Waals surface area contributed by atoms with Gasteiger partial charge in [0.05, 0.1) is 11.6 Å². The minimum absolute atomic E-state index is 0.183. The third-order valence-electron chi connectivity index (χ3n) is 2.54. The summed E-state index contributed by atoms with van der Waals surface area (Å²) in [6.07, 6.45) is 0. The van der Waals surface area contributed by atoms with Gasteiger partial charge in [0.25, 0.3) is 0 Å². The van der Waals surface area contributed by atoms with Crippen LogP contribution >= 0.6 is 15.9 Å². The number of benzene rings is 1. The number of rotatable bonds is 5. The fraction of sp³-hybridized carbons (Fsp3) is 0.143. The van der Waals surface area contributed by atoms with E-state index in [1.165, 1.54) is 7.11 Å². The number of methoxy groups -OCH3 is 1. The molecule has 2 aromatic rings. The Balaban J connectivity index is 2.28. The zero-order valence-corrected chi connectivity index (χ0v) is 12.3. The molecule has 0 saturated heterocycles. The van der Waals surface area contributed by atoms with Gasteiger partial charge in [-0.1, -0.05) is 30.3 Å². The molecule has 1 heterocycles. The van der Waals surface area contributed by atoms with E-state index in [1.807, 2.05) is 30.3 Å². The number of aromatic nitrogens is 1. The third kappa shape index (κ3) is 3.27. The van der Waals surface area contributed by atoms with Crippen LogP contribution in [0, 0.1) is 0 Å². The maximum atomic E-state index is 11.2. The maximum absolute atomic E-state index is 11.2. The number of nitrogens with zero attached hydrogens (tertiary/aromatic N) is 1. The summed E-state index contributed by atoms with van der Waals surface area (Å²) in [4.78, 5) is 15.1. The summed E-state index contributed by atoms with van der Waals surface area (Å²) in [7, 11) is 1.42. The summed E-state index contributed by atoms with van der Waals surface area (Å²) >= 11 is 3.27. The van der Waals surface area contributed by atoms with Crippen molar-refractivity contribution in [3.05, 3.63) is 52.1 Å². The monoisotopic (exact) mass is 337 g/mol. The molecule has 5 nitrogen and oxygen atoms in total. The fourth-order valence-electron chi connectivity index (χ4n) is 1.60. The zero-order valence-electron chi connectivity index (χ0n) is 10.7. The molecule has 0 aliphatic heterocycles. The van der Waals surface area contributed by atoms with Crippen LogP contribution in [-0.2, 0) is 6.61 Å². The van der Waals surface area contributed by atoms with Crippen molar-refractivity contribution >= 4 is 21.9 Å². The van der Waals surface area contributed by atoms with E-state index in [-0.39, 0.29) is 23.9 Å². The van der Waals surface area contributed by atoms with Crippen LogP contribution < -0.4 is 9.47 Å². The summed E-state index contributed by atoms with van der Waals surface area (Å²) in [5.74, 6) is -0.781. The van der Waals surface area contributed by atoms with Gasteiger partial charge >= 0.3 is 5.97 Å². The smallest absolute Gasteiger partial charge is 0.358 e. The van der Waals surface area contributed by atoms with Crippen LogP contribution in [-0.4, -0.2) is 23.2 Å². The molecule has 0 aliphatic carbocycles. The van der Waals surface area contributed by atoms with E-state index in [2.05, 4.69) is 20.9 Å². The molecule has 0 unspecified atom stereocenters. The third-order valence-corrected chi connectivity index (χ3v) is 3.13. The average Bonchev–Trinajstić information content (AvgIpc) is 2.46. The number of ether oxygens (including phenoxy) is 2. The summed E-state index contributed by atoms with van der Waals surface area (Å²) < 4.78 is 11.0. The highest BCUT2D eigenvalue weighted by Crippen LogP contribution is 2.32. The standard InChI is InChI=1S/C14H12BrNO4/c1-19-11-7-10(15)13(12(16-11)14(17)18)20-8-9-5-3-2-4-6-9/h2-7H,8H2,1H3,(H,17,18). The van der Waals surface area contributed by atoms with Crippen LogP contribution in [0.25, 0.3) is 0 Å². The van der Waals surface area contributed by atoms with Crippen LogP contribution in [0.2, 0.25) is 0 Å². The van der Waals surface area contributed by atoms with Crippen molar-refractivity contribution < 1.29 is 19.4 Å². The molecular formula is C14H12BrNO4. The van der Waals surface area contributed by atoms with Crippen molar-refractivity contribution in [1.82, 2.24) is 4.98 Å².